The fraction of sp³-hybridized carbons (Fsp3) is 0.200. The Balaban J connectivity index is 2.51. The van der Waals surface area contributed by atoms with Gasteiger partial charge in [0.15, 0.2) is 0 Å². The van der Waals surface area contributed by atoms with E-state index in [1.165, 1.54) is 11.1 Å². The van der Waals surface area contributed by atoms with E-state index in [0.717, 1.165) is 15.6 Å². The summed E-state index contributed by atoms with van der Waals surface area (Å²) in [5, 5.41) is 0.686. The van der Waals surface area contributed by atoms with Crippen LogP contribution < -0.4 is 5.73 Å². The highest BCUT2D eigenvalue weighted by Crippen LogP contribution is 2.33. The van der Waals surface area contributed by atoms with Crippen LogP contribution in [0.4, 0.5) is 0 Å². The van der Waals surface area contributed by atoms with Gasteiger partial charge >= 0.3 is 0 Å². The summed E-state index contributed by atoms with van der Waals surface area (Å²) in [5.74, 6) is 0. The molecule has 0 aliphatic rings. The van der Waals surface area contributed by atoms with Crippen LogP contribution in [0.2, 0.25) is 5.02 Å². The summed E-state index contributed by atoms with van der Waals surface area (Å²) in [6, 6.07) is 11.8. The summed E-state index contributed by atoms with van der Waals surface area (Å²) < 4.78 is 0.877. The molecule has 0 amide bonds. The maximum atomic E-state index is 6.35. The van der Waals surface area contributed by atoms with E-state index in [2.05, 4.69) is 41.9 Å². The van der Waals surface area contributed by atoms with Gasteiger partial charge in [-0.15, -0.1) is 0 Å². The van der Waals surface area contributed by atoms with Crippen molar-refractivity contribution in [1.82, 2.24) is 0 Å². The Hall–Kier alpha value is -0.830. The summed E-state index contributed by atoms with van der Waals surface area (Å²) in [6.45, 7) is 4.19. The number of aryl methyl sites for hydroxylation is 1. The van der Waals surface area contributed by atoms with Crippen LogP contribution >= 0.6 is 27.5 Å². The number of halogens is 2. The highest BCUT2D eigenvalue weighted by Gasteiger charge is 2.16. The molecule has 2 N–H and O–H groups in total. The van der Waals surface area contributed by atoms with Gasteiger partial charge < -0.3 is 5.73 Å². The molecule has 3 heteroatoms. The molecule has 0 fully saturated rings. The molecule has 0 spiro atoms. The molecule has 18 heavy (non-hydrogen) atoms. The third-order valence-corrected chi connectivity index (χ3v) is 4.61. The first-order valence-corrected chi connectivity index (χ1v) is 6.95. The Labute approximate surface area is 121 Å². The van der Waals surface area contributed by atoms with Crippen molar-refractivity contribution in [2.24, 2.45) is 5.73 Å². The molecule has 2 aromatic carbocycles. The molecule has 2 aromatic rings. The fourth-order valence-corrected chi connectivity index (χ4v) is 2.66. The molecule has 0 aliphatic heterocycles. The summed E-state index contributed by atoms with van der Waals surface area (Å²) >= 11 is 9.74. The van der Waals surface area contributed by atoms with Gasteiger partial charge in [0, 0.05) is 4.47 Å². The van der Waals surface area contributed by atoms with E-state index in [1.807, 2.05) is 24.3 Å². The first kappa shape index (κ1) is 13.6. The molecule has 0 bridgehead atoms. The zero-order valence-corrected chi connectivity index (χ0v) is 12.7. The van der Waals surface area contributed by atoms with Gasteiger partial charge in [-0.05, 0) is 58.1 Å². The fourth-order valence-electron chi connectivity index (χ4n) is 2.04. The van der Waals surface area contributed by atoms with Gasteiger partial charge in [-0.3, -0.25) is 0 Å². The highest BCUT2D eigenvalue weighted by molar-refractivity contribution is 9.10. The molecule has 0 saturated heterocycles. The van der Waals surface area contributed by atoms with Crippen molar-refractivity contribution in [3.05, 3.63) is 68.1 Å². The van der Waals surface area contributed by atoms with Gasteiger partial charge in [-0.1, -0.05) is 41.9 Å². The molecular formula is C15H15BrClN. The lowest BCUT2D eigenvalue weighted by Gasteiger charge is -2.18. The quantitative estimate of drug-likeness (QED) is 0.846. The standard InChI is InChI=1S/C15H15BrClN/c1-9-5-3-6-11(10(9)2)15(18)12-7-4-8-13(16)14(12)17/h3-8,15H,18H2,1-2H3. The molecule has 0 heterocycles. The van der Waals surface area contributed by atoms with Crippen LogP contribution in [0.15, 0.2) is 40.9 Å². The van der Waals surface area contributed by atoms with Crippen molar-refractivity contribution in [1.29, 1.82) is 0 Å². The summed E-state index contributed by atoms with van der Waals surface area (Å²) in [6.07, 6.45) is 0. The zero-order chi connectivity index (χ0) is 13.3. The van der Waals surface area contributed by atoms with E-state index < -0.39 is 0 Å². The lowest BCUT2D eigenvalue weighted by molar-refractivity contribution is 0.858. The van der Waals surface area contributed by atoms with Crippen molar-refractivity contribution in [2.45, 2.75) is 19.9 Å². The Morgan fingerprint density at radius 1 is 1.06 bits per heavy atom. The Morgan fingerprint density at radius 2 is 1.67 bits per heavy atom. The number of benzene rings is 2. The van der Waals surface area contributed by atoms with Gasteiger partial charge in [0.05, 0.1) is 11.1 Å². The molecule has 2 rings (SSSR count). The predicted octanol–water partition coefficient (Wildman–Crippen LogP) is 4.77. The van der Waals surface area contributed by atoms with E-state index in [9.17, 15) is 0 Å². The molecule has 1 atom stereocenters. The molecular weight excluding hydrogens is 310 g/mol. The number of hydrogen-bond donors (Lipinski definition) is 1. The Morgan fingerprint density at radius 3 is 2.39 bits per heavy atom. The summed E-state index contributed by atoms with van der Waals surface area (Å²) in [7, 11) is 0. The monoisotopic (exact) mass is 323 g/mol. The number of rotatable bonds is 2. The normalized spacial score (nSPS) is 12.5. The van der Waals surface area contributed by atoms with Crippen molar-refractivity contribution in [2.75, 3.05) is 0 Å². The van der Waals surface area contributed by atoms with Gasteiger partial charge in [0.1, 0.15) is 0 Å². The van der Waals surface area contributed by atoms with Gasteiger partial charge in [0.2, 0.25) is 0 Å². The zero-order valence-electron chi connectivity index (χ0n) is 10.4. The first-order chi connectivity index (χ1) is 8.52. The van der Waals surface area contributed by atoms with Crippen LogP contribution in [-0.2, 0) is 0 Å². The SMILES string of the molecule is Cc1cccc(C(N)c2cccc(Br)c2Cl)c1C. The van der Waals surface area contributed by atoms with Crippen LogP contribution in [-0.4, -0.2) is 0 Å². The minimum absolute atomic E-state index is 0.199. The molecule has 0 aliphatic carbocycles. The second kappa shape index (κ2) is 5.43. The van der Waals surface area contributed by atoms with Crippen LogP contribution in [0.1, 0.15) is 28.3 Å². The van der Waals surface area contributed by atoms with E-state index in [0.29, 0.717) is 5.02 Å². The van der Waals surface area contributed by atoms with E-state index in [-0.39, 0.29) is 6.04 Å². The lowest BCUT2D eigenvalue weighted by Crippen LogP contribution is -2.14. The van der Waals surface area contributed by atoms with Crippen molar-refractivity contribution in [3.63, 3.8) is 0 Å². The van der Waals surface area contributed by atoms with Crippen LogP contribution in [0.25, 0.3) is 0 Å². The van der Waals surface area contributed by atoms with Crippen LogP contribution in [0.3, 0.4) is 0 Å². The molecule has 94 valence electrons. The maximum Gasteiger partial charge on any atom is 0.0599 e. The van der Waals surface area contributed by atoms with Crippen molar-refractivity contribution in [3.8, 4) is 0 Å². The Bertz CT molecular complexity index is 529. The van der Waals surface area contributed by atoms with Gasteiger partial charge in [0.25, 0.3) is 0 Å². The van der Waals surface area contributed by atoms with Gasteiger partial charge in [-0.25, -0.2) is 0 Å². The minimum Gasteiger partial charge on any atom is -0.320 e. The predicted molar refractivity (Wildman–Crippen MR) is 81.1 cm³/mol. The molecule has 0 radical (unpaired) electrons. The van der Waals surface area contributed by atoms with E-state index in [1.54, 1.807) is 0 Å². The average molecular weight is 325 g/mol. The van der Waals surface area contributed by atoms with Crippen molar-refractivity contribution >= 4 is 27.5 Å². The van der Waals surface area contributed by atoms with Crippen LogP contribution in [0.5, 0.6) is 0 Å². The van der Waals surface area contributed by atoms with Gasteiger partial charge in [-0.2, -0.15) is 0 Å². The summed E-state index contributed by atoms with van der Waals surface area (Å²) in [5.41, 5.74) is 10.9. The van der Waals surface area contributed by atoms with Crippen molar-refractivity contribution < 1.29 is 0 Å². The van der Waals surface area contributed by atoms with E-state index in [4.69, 9.17) is 17.3 Å². The minimum atomic E-state index is -0.199. The summed E-state index contributed by atoms with van der Waals surface area (Å²) in [4.78, 5) is 0. The topological polar surface area (TPSA) is 26.0 Å². The number of nitrogens with two attached hydrogens (primary N) is 1. The van der Waals surface area contributed by atoms with E-state index >= 15 is 0 Å². The first-order valence-electron chi connectivity index (χ1n) is 5.78. The largest absolute Gasteiger partial charge is 0.320 e. The third-order valence-electron chi connectivity index (χ3n) is 3.30. The average Bonchev–Trinajstić information content (AvgIpc) is 2.35. The Kier molecular flexibility index (Phi) is 4.10. The highest BCUT2D eigenvalue weighted by atomic mass is 79.9. The third kappa shape index (κ3) is 2.46. The second-order valence-electron chi connectivity index (χ2n) is 4.41. The second-order valence-corrected chi connectivity index (χ2v) is 5.64. The number of hydrogen-bond acceptors (Lipinski definition) is 1. The molecule has 0 saturated carbocycles. The lowest BCUT2D eigenvalue weighted by atomic mass is 9.93. The maximum absolute atomic E-state index is 6.35. The smallest absolute Gasteiger partial charge is 0.0599 e. The molecule has 1 unspecified atom stereocenters. The molecule has 1 nitrogen and oxygen atoms in total. The van der Waals surface area contributed by atoms with Crippen LogP contribution in [0, 0.1) is 13.8 Å². The molecule has 0 aromatic heterocycles.